The standard InChI is InChI=1S/C24H24F2N2O3S/c1-15-11-16(2)23(17(3)12-15)32(30,31)28-22(13-18-7-5-4-6-8-18)24(29)27-19-9-10-20(25)21(26)14-19/h4-12,14,22,28H,13H2,1-3H3,(H,27,29)/t22-/m1/s1. The topological polar surface area (TPSA) is 75.3 Å². The second kappa shape index (κ2) is 9.58. The number of sulfonamides is 1. The Bertz CT molecular complexity index is 1220. The van der Waals surface area contributed by atoms with Crippen LogP contribution in [0, 0.1) is 32.4 Å². The molecule has 0 aliphatic heterocycles. The third kappa shape index (κ3) is 5.57. The molecule has 0 aromatic heterocycles. The largest absolute Gasteiger partial charge is 0.325 e. The molecule has 0 saturated carbocycles. The van der Waals surface area contributed by atoms with Gasteiger partial charge in [0.05, 0.1) is 4.90 Å². The molecule has 0 saturated heterocycles. The van der Waals surface area contributed by atoms with Crippen molar-refractivity contribution < 1.29 is 22.0 Å². The fourth-order valence-electron chi connectivity index (χ4n) is 3.68. The van der Waals surface area contributed by atoms with Gasteiger partial charge in [0.2, 0.25) is 15.9 Å². The molecule has 3 aromatic rings. The number of amides is 1. The van der Waals surface area contributed by atoms with E-state index in [2.05, 4.69) is 10.0 Å². The highest BCUT2D eigenvalue weighted by molar-refractivity contribution is 7.89. The van der Waals surface area contributed by atoms with Crippen molar-refractivity contribution >= 4 is 21.6 Å². The van der Waals surface area contributed by atoms with Crippen molar-refractivity contribution in [3.8, 4) is 0 Å². The number of carbonyl (C=O) groups excluding carboxylic acids is 1. The molecule has 0 fully saturated rings. The first-order chi connectivity index (χ1) is 15.1. The quantitative estimate of drug-likeness (QED) is 0.551. The summed E-state index contributed by atoms with van der Waals surface area (Å²) in [5.74, 6) is -2.85. The van der Waals surface area contributed by atoms with Gasteiger partial charge < -0.3 is 5.32 Å². The molecule has 0 heterocycles. The van der Waals surface area contributed by atoms with Gasteiger partial charge >= 0.3 is 0 Å². The summed E-state index contributed by atoms with van der Waals surface area (Å²) in [6.07, 6.45) is 0.0690. The van der Waals surface area contributed by atoms with Crippen molar-refractivity contribution in [3.05, 3.63) is 94.6 Å². The normalized spacial score (nSPS) is 12.4. The SMILES string of the molecule is Cc1cc(C)c(S(=O)(=O)N[C@H](Cc2ccccc2)C(=O)Nc2ccc(F)c(F)c2)c(C)c1. The van der Waals surface area contributed by atoms with E-state index in [1.807, 2.05) is 13.0 Å². The number of halogens is 2. The van der Waals surface area contributed by atoms with E-state index in [0.29, 0.717) is 11.1 Å². The highest BCUT2D eigenvalue weighted by atomic mass is 32.2. The van der Waals surface area contributed by atoms with Gasteiger partial charge in [-0.1, -0.05) is 48.0 Å². The van der Waals surface area contributed by atoms with Gasteiger partial charge in [-0.15, -0.1) is 0 Å². The van der Waals surface area contributed by atoms with E-state index >= 15 is 0 Å². The molecule has 8 heteroatoms. The first-order valence-electron chi connectivity index (χ1n) is 9.97. The zero-order chi connectivity index (χ0) is 23.5. The minimum atomic E-state index is -4.05. The van der Waals surface area contributed by atoms with Gasteiger partial charge in [-0.2, -0.15) is 4.72 Å². The Morgan fingerprint density at radius 1 is 0.906 bits per heavy atom. The van der Waals surface area contributed by atoms with Crippen LogP contribution in [0.15, 0.2) is 65.6 Å². The number of aryl methyl sites for hydroxylation is 3. The van der Waals surface area contributed by atoms with Gasteiger partial charge in [0.15, 0.2) is 11.6 Å². The minimum absolute atomic E-state index is 0.0221. The van der Waals surface area contributed by atoms with Crippen LogP contribution in [0.3, 0.4) is 0 Å². The summed E-state index contributed by atoms with van der Waals surface area (Å²) >= 11 is 0. The van der Waals surface area contributed by atoms with Crippen molar-refractivity contribution in [2.24, 2.45) is 0 Å². The number of anilines is 1. The van der Waals surface area contributed by atoms with E-state index in [9.17, 15) is 22.0 Å². The average Bonchev–Trinajstić information content (AvgIpc) is 2.70. The van der Waals surface area contributed by atoms with Crippen LogP contribution in [0.5, 0.6) is 0 Å². The summed E-state index contributed by atoms with van der Waals surface area (Å²) in [5.41, 5.74) is 2.81. The molecule has 32 heavy (non-hydrogen) atoms. The molecule has 0 spiro atoms. The van der Waals surface area contributed by atoms with Gasteiger partial charge in [0, 0.05) is 11.8 Å². The van der Waals surface area contributed by atoms with Crippen LogP contribution < -0.4 is 10.0 Å². The van der Waals surface area contributed by atoms with Crippen LogP contribution in [0.4, 0.5) is 14.5 Å². The zero-order valence-corrected chi connectivity index (χ0v) is 18.8. The molecule has 5 nitrogen and oxygen atoms in total. The van der Waals surface area contributed by atoms with Crippen molar-refractivity contribution in [1.29, 1.82) is 0 Å². The number of carbonyl (C=O) groups is 1. The molecule has 1 atom stereocenters. The smallest absolute Gasteiger partial charge is 0.242 e. The van der Waals surface area contributed by atoms with Gasteiger partial charge in [-0.25, -0.2) is 17.2 Å². The van der Waals surface area contributed by atoms with E-state index in [4.69, 9.17) is 0 Å². The number of rotatable bonds is 7. The summed E-state index contributed by atoms with van der Waals surface area (Å²) in [4.78, 5) is 13.1. The molecule has 0 aliphatic rings. The average molecular weight is 459 g/mol. The Labute approximate surface area is 186 Å². The van der Waals surface area contributed by atoms with Crippen LogP contribution in [-0.4, -0.2) is 20.4 Å². The van der Waals surface area contributed by atoms with Crippen molar-refractivity contribution in [1.82, 2.24) is 4.72 Å². The molecule has 0 unspecified atom stereocenters. The number of hydrogen-bond donors (Lipinski definition) is 2. The van der Waals surface area contributed by atoms with Gasteiger partial charge in [0.1, 0.15) is 6.04 Å². The molecule has 168 valence electrons. The van der Waals surface area contributed by atoms with Gasteiger partial charge in [-0.3, -0.25) is 4.79 Å². The Morgan fingerprint density at radius 3 is 2.12 bits per heavy atom. The van der Waals surface area contributed by atoms with Crippen LogP contribution in [0.1, 0.15) is 22.3 Å². The van der Waals surface area contributed by atoms with Crippen molar-refractivity contribution in [3.63, 3.8) is 0 Å². The Kier molecular flexibility index (Phi) is 7.06. The summed E-state index contributed by atoms with van der Waals surface area (Å²) < 4.78 is 55.7. The summed E-state index contributed by atoms with van der Waals surface area (Å²) in [6.45, 7) is 5.27. The monoisotopic (exact) mass is 458 g/mol. The number of hydrogen-bond acceptors (Lipinski definition) is 3. The maximum absolute atomic E-state index is 13.6. The van der Waals surface area contributed by atoms with E-state index in [-0.39, 0.29) is 17.0 Å². The highest BCUT2D eigenvalue weighted by Crippen LogP contribution is 2.23. The van der Waals surface area contributed by atoms with Gasteiger partial charge in [-0.05, 0) is 56.0 Å². The van der Waals surface area contributed by atoms with E-state index in [0.717, 1.165) is 23.3 Å². The van der Waals surface area contributed by atoms with Crippen molar-refractivity contribution in [2.45, 2.75) is 38.1 Å². The first-order valence-corrected chi connectivity index (χ1v) is 11.4. The molecule has 0 radical (unpaired) electrons. The van der Waals surface area contributed by atoms with Gasteiger partial charge in [0.25, 0.3) is 0 Å². The lowest BCUT2D eigenvalue weighted by Crippen LogP contribution is -2.45. The zero-order valence-electron chi connectivity index (χ0n) is 17.9. The predicted octanol–water partition coefficient (Wildman–Crippen LogP) is 4.42. The second-order valence-corrected chi connectivity index (χ2v) is 9.36. The van der Waals surface area contributed by atoms with E-state index < -0.39 is 33.6 Å². The lowest BCUT2D eigenvalue weighted by atomic mass is 10.1. The first kappa shape index (κ1) is 23.6. The minimum Gasteiger partial charge on any atom is -0.325 e. The highest BCUT2D eigenvalue weighted by Gasteiger charge is 2.28. The Balaban J connectivity index is 1.93. The molecule has 0 bridgehead atoms. The number of nitrogens with one attached hydrogen (secondary N) is 2. The van der Waals surface area contributed by atoms with Crippen LogP contribution in [-0.2, 0) is 21.2 Å². The van der Waals surface area contributed by atoms with E-state index in [1.54, 1.807) is 50.2 Å². The van der Waals surface area contributed by atoms with Crippen LogP contribution in [0.25, 0.3) is 0 Å². The molecular formula is C24H24F2N2O3S. The van der Waals surface area contributed by atoms with E-state index in [1.165, 1.54) is 6.07 Å². The van der Waals surface area contributed by atoms with Crippen LogP contribution in [0.2, 0.25) is 0 Å². The molecule has 3 aromatic carbocycles. The molecular weight excluding hydrogens is 434 g/mol. The molecule has 1 amide bonds. The fraction of sp³-hybridized carbons (Fsp3) is 0.208. The lowest BCUT2D eigenvalue weighted by molar-refractivity contribution is -0.117. The third-order valence-corrected chi connectivity index (χ3v) is 6.73. The summed E-state index contributed by atoms with van der Waals surface area (Å²) in [6, 6.07) is 14.2. The summed E-state index contributed by atoms with van der Waals surface area (Å²) in [7, 11) is -4.05. The summed E-state index contributed by atoms with van der Waals surface area (Å²) in [5, 5.41) is 2.47. The Morgan fingerprint density at radius 2 is 1.53 bits per heavy atom. The maximum Gasteiger partial charge on any atom is 0.242 e. The molecule has 3 rings (SSSR count). The third-order valence-electron chi connectivity index (χ3n) is 4.96. The number of benzene rings is 3. The van der Waals surface area contributed by atoms with Crippen LogP contribution >= 0.6 is 0 Å². The lowest BCUT2D eigenvalue weighted by Gasteiger charge is -2.21. The Hall–Kier alpha value is -3.10. The second-order valence-electron chi connectivity index (χ2n) is 7.71. The predicted molar refractivity (Wildman–Crippen MR) is 120 cm³/mol. The molecule has 0 aliphatic carbocycles. The van der Waals surface area contributed by atoms with Crippen molar-refractivity contribution in [2.75, 3.05) is 5.32 Å². The molecule has 2 N–H and O–H groups in total. The fourth-order valence-corrected chi connectivity index (χ4v) is 5.33. The maximum atomic E-state index is 13.6.